The Morgan fingerprint density at radius 3 is 2.44 bits per heavy atom. The van der Waals surface area contributed by atoms with Crippen LogP contribution in [0.2, 0.25) is 0 Å². The second-order valence-corrected chi connectivity index (χ2v) is 3.93. The van der Waals surface area contributed by atoms with Gasteiger partial charge in [-0.1, -0.05) is 19.0 Å². The summed E-state index contributed by atoms with van der Waals surface area (Å²) < 4.78 is 40.8. The van der Waals surface area contributed by atoms with Crippen LogP contribution in [-0.4, -0.2) is 40.9 Å². The molecule has 1 heterocycles. The Bertz CT molecular complexity index is 362. The van der Waals surface area contributed by atoms with Crippen molar-refractivity contribution in [2.45, 2.75) is 32.5 Å². The van der Waals surface area contributed by atoms with Crippen molar-refractivity contribution in [2.75, 3.05) is 19.6 Å². The molecule has 0 saturated heterocycles. The summed E-state index contributed by atoms with van der Waals surface area (Å²) in [6, 6.07) is -0.546. The lowest BCUT2D eigenvalue weighted by atomic mass is 10.2. The van der Waals surface area contributed by atoms with E-state index in [1.807, 2.05) is 18.7 Å². The molecule has 1 aromatic heterocycles. The van der Waals surface area contributed by atoms with E-state index in [0.29, 0.717) is 6.54 Å². The zero-order valence-electron chi connectivity index (χ0n) is 10.4. The second-order valence-electron chi connectivity index (χ2n) is 3.93. The van der Waals surface area contributed by atoms with Gasteiger partial charge in [0, 0.05) is 6.54 Å². The molecule has 104 valence electrons. The van der Waals surface area contributed by atoms with Gasteiger partial charge in [0.25, 0.3) is 0 Å². The molecule has 0 bridgehead atoms. The molecule has 0 saturated carbocycles. The molecule has 1 atom stereocenters. The molecule has 0 aliphatic heterocycles. The summed E-state index contributed by atoms with van der Waals surface area (Å²) >= 11 is 0. The largest absolute Gasteiger partial charge is 0.397 e. The van der Waals surface area contributed by atoms with E-state index < -0.39 is 24.5 Å². The zero-order valence-corrected chi connectivity index (χ0v) is 10.4. The van der Waals surface area contributed by atoms with Gasteiger partial charge in [-0.25, -0.2) is 0 Å². The summed E-state index contributed by atoms with van der Waals surface area (Å²) in [7, 11) is 0. The first-order valence-corrected chi connectivity index (χ1v) is 5.72. The van der Waals surface area contributed by atoms with E-state index in [2.05, 4.69) is 14.7 Å². The molecule has 2 N–H and O–H groups in total. The van der Waals surface area contributed by atoms with E-state index in [0.717, 1.165) is 13.1 Å². The first-order chi connectivity index (χ1) is 8.35. The van der Waals surface area contributed by atoms with Gasteiger partial charge in [0.2, 0.25) is 5.89 Å². The Kier molecular flexibility index (Phi) is 5.09. The van der Waals surface area contributed by atoms with Crippen LogP contribution < -0.4 is 5.73 Å². The normalized spacial score (nSPS) is 14.2. The molecule has 1 aromatic rings. The number of halogens is 3. The standard InChI is InChI=1S/C10H17F3N4O/c1-3-17(4-2)6-7(14)9-15-8(18-16-9)5-10(11,12)13/h7H,3-6,14H2,1-2H3. The van der Waals surface area contributed by atoms with Crippen molar-refractivity contribution in [2.24, 2.45) is 5.73 Å². The van der Waals surface area contributed by atoms with Crippen molar-refractivity contribution in [3.05, 3.63) is 11.7 Å². The number of alkyl halides is 3. The van der Waals surface area contributed by atoms with Gasteiger partial charge in [-0.05, 0) is 13.1 Å². The van der Waals surface area contributed by atoms with Gasteiger partial charge in [0.05, 0.1) is 6.04 Å². The first-order valence-electron chi connectivity index (χ1n) is 5.72. The number of hydrogen-bond acceptors (Lipinski definition) is 5. The van der Waals surface area contributed by atoms with E-state index in [-0.39, 0.29) is 5.82 Å². The van der Waals surface area contributed by atoms with Crippen molar-refractivity contribution in [1.82, 2.24) is 15.0 Å². The molecule has 1 unspecified atom stereocenters. The highest BCUT2D eigenvalue weighted by Crippen LogP contribution is 2.20. The Morgan fingerprint density at radius 2 is 1.94 bits per heavy atom. The third-order valence-electron chi connectivity index (χ3n) is 2.52. The van der Waals surface area contributed by atoms with Gasteiger partial charge in [0.15, 0.2) is 5.82 Å². The molecule has 0 spiro atoms. The monoisotopic (exact) mass is 266 g/mol. The highest BCUT2D eigenvalue weighted by Gasteiger charge is 2.31. The highest BCUT2D eigenvalue weighted by atomic mass is 19.4. The highest BCUT2D eigenvalue weighted by molar-refractivity contribution is 4.95. The third-order valence-corrected chi connectivity index (χ3v) is 2.52. The van der Waals surface area contributed by atoms with Crippen LogP contribution >= 0.6 is 0 Å². The first kappa shape index (κ1) is 14.9. The van der Waals surface area contributed by atoms with E-state index in [1.54, 1.807) is 0 Å². The molecule has 1 rings (SSSR count). The maximum atomic E-state index is 12.1. The molecular weight excluding hydrogens is 249 g/mol. The van der Waals surface area contributed by atoms with Crippen LogP contribution in [0.3, 0.4) is 0 Å². The number of rotatable bonds is 6. The van der Waals surface area contributed by atoms with Crippen LogP contribution in [0.1, 0.15) is 31.6 Å². The summed E-state index contributed by atoms with van der Waals surface area (Å²) in [6.45, 7) is 6.04. The van der Waals surface area contributed by atoms with Crippen molar-refractivity contribution >= 4 is 0 Å². The fraction of sp³-hybridized carbons (Fsp3) is 0.800. The number of likely N-dealkylation sites (N-methyl/N-ethyl adjacent to an activating group) is 1. The Hall–Kier alpha value is -1.15. The lowest BCUT2D eigenvalue weighted by molar-refractivity contribution is -0.131. The number of aromatic nitrogens is 2. The van der Waals surface area contributed by atoms with Crippen LogP contribution in [0.4, 0.5) is 13.2 Å². The lowest BCUT2D eigenvalue weighted by Crippen LogP contribution is -2.32. The predicted molar refractivity (Wildman–Crippen MR) is 58.8 cm³/mol. The van der Waals surface area contributed by atoms with E-state index in [4.69, 9.17) is 5.73 Å². The van der Waals surface area contributed by atoms with Gasteiger partial charge in [-0.15, -0.1) is 0 Å². The molecule has 0 aliphatic rings. The summed E-state index contributed by atoms with van der Waals surface area (Å²) in [6.07, 6.45) is -5.58. The quantitative estimate of drug-likeness (QED) is 0.845. The molecule has 5 nitrogen and oxygen atoms in total. The van der Waals surface area contributed by atoms with Gasteiger partial charge >= 0.3 is 6.18 Å². The van der Waals surface area contributed by atoms with Crippen molar-refractivity contribution in [3.63, 3.8) is 0 Å². The minimum atomic E-state index is -4.35. The molecule has 0 fully saturated rings. The Balaban J connectivity index is 2.62. The molecule has 0 radical (unpaired) electrons. The van der Waals surface area contributed by atoms with E-state index >= 15 is 0 Å². The molecule has 0 aliphatic carbocycles. The van der Waals surface area contributed by atoms with Crippen LogP contribution in [0.15, 0.2) is 4.52 Å². The summed E-state index contributed by atoms with van der Waals surface area (Å²) in [5.41, 5.74) is 5.82. The van der Waals surface area contributed by atoms with Crippen LogP contribution in [-0.2, 0) is 6.42 Å². The summed E-state index contributed by atoms with van der Waals surface area (Å²) in [4.78, 5) is 5.70. The number of nitrogens with two attached hydrogens (primary N) is 1. The number of hydrogen-bond donors (Lipinski definition) is 1. The molecule has 0 aromatic carbocycles. The van der Waals surface area contributed by atoms with Crippen molar-refractivity contribution in [1.29, 1.82) is 0 Å². The third kappa shape index (κ3) is 4.61. The second kappa shape index (κ2) is 6.14. The molecule has 8 heteroatoms. The maximum absolute atomic E-state index is 12.1. The Morgan fingerprint density at radius 1 is 1.33 bits per heavy atom. The lowest BCUT2D eigenvalue weighted by Gasteiger charge is -2.20. The summed E-state index contributed by atoms with van der Waals surface area (Å²) in [5, 5.41) is 3.48. The summed E-state index contributed by atoms with van der Waals surface area (Å²) in [5.74, 6) is -0.339. The average molecular weight is 266 g/mol. The van der Waals surface area contributed by atoms with E-state index in [9.17, 15) is 13.2 Å². The Labute approximate surface area is 103 Å². The van der Waals surface area contributed by atoms with Crippen molar-refractivity contribution in [3.8, 4) is 0 Å². The molecule has 18 heavy (non-hydrogen) atoms. The van der Waals surface area contributed by atoms with Gasteiger partial charge in [-0.2, -0.15) is 18.2 Å². The average Bonchev–Trinajstić information content (AvgIpc) is 2.71. The molecular formula is C10H17F3N4O. The van der Waals surface area contributed by atoms with Crippen molar-refractivity contribution < 1.29 is 17.7 Å². The van der Waals surface area contributed by atoms with Gasteiger partial charge < -0.3 is 15.2 Å². The minimum absolute atomic E-state index is 0.112. The smallest absolute Gasteiger partial charge is 0.339 e. The fourth-order valence-corrected chi connectivity index (χ4v) is 1.50. The predicted octanol–water partition coefficient (Wildman–Crippen LogP) is 1.52. The minimum Gasteiger partial charge on any atom is -0.339 e. The SMILES string of the molecule is CCN(CC)CC(N)c1noc(CC(F)(F)F)n1. The van der Waals surface area contributed by atoms with Crippen LogP contribution in [0, 0.1) is 0 Å². The van der Waals surface area contributed by atoms with Gasteiger partial charge in [0.1, 0.15) is 6.42 Å². The van der Waals surface area contributed by atoms with Gasteiger partial charge in [-0.3, -0.25) is 0 Å². The molecule has 0 amide bonds. The number of nitrogens with zero attached hydrogens (tertiary/aromatic N) is 3. The van der Waals surface area contributed by atoms with E-state index in [1.165, 1.54) is 0 Å². The van der Waals surface area contributed by atoms with Crippen LogP contribution in [0.25, 0.3) is 0 Å². The fourth-order valence-electron chi connectivity index (χ4n) is 1.50. The van der Waals surface area contributed by atoms with Crippen LogP contribution in [0.5, 0.6) is 0 Å². The maximum Gasteiger partial charge on any atom is 0.397 e. The zero-order chi connectivity index (χ0) is 13.8. The topological polar surface area (TPSA) is 68.2 Å².